The van der Waals surface area contributed by atoms with E-state index in [1.54, 1.807) is 10.9 Å². The number of hydrogen-bond acceptors (Lipinski definition) is 3. The Morgan fingerprint density at radius 2 is 2.25 bits per heavy atom. The highest BCUT2D eigenvalue weighted by molar-refractivity contribution is 5.06. The van der Waals surface area contributed by atoms with Crippen molar-refractivity contribution in [1.82, 2.24) is 15.2 Å². The van der Waals surface area contributed by atoms with Crippen LogP contribution in [-0.4, -0.2) is 22.0 Å². The number of nitrogens with zero attached hydrogens (tertiary/aromatic N) is 2. The van der Waals surface area contributed by atoms with Gasteiger partial charge in [-0.15, -0.1) is 0 Å². The molecular weight excluding hydrogens is 269 g/mol. The van der Waals surface area contributed by atoms with Gasteiger partial charge in [-0.25, -0.2) is 0 Å². The van der Waals surface area contributed by atoms with Crippen molar-refractivity contribution in [1.29, 1.82) is 0 Å². The van der Waals surface area contributed by atoms with Gasteiger partial charge in [0.1, 0.15) is 0 Å². The summed E-state index contributed by atoms with van der Waals surface area (Å²) in [6.45, 7) is 0. The lowest BCUT2D eigenvalue weighted by molar-refractivity contribution is -0.186. The third-order valence-electron chi connectivity index (χ3n) is 4.17. The summed E-state index contributed by atoms with van der Waals surface area (Å²) in [5.74, 6) is 4.32. The van der Waals surface area contributed by atoms with Crippen molar-refractivity contribution in [2.24, 2.45) is 24.7 Å². The molecular formula is C13H21F3N4. The smallest absolute Gasteiger partial charge is 0.276 e. The van der Waals surface area contributed by atoms with Crippen LogP contribution < -0.4 is 11.3 Å². The van der Waals surface area contributed by atoms with Crippen molar-refractivity contribution in [3.63, 3.8) is 0 Å². The fraction of sp³-hybridized carbons (Fsp3) is 0.769. The molecule has 0 saturated heterocycles. The second kappa shape index (κ2) is 6.13. The SMILES string of the molecule is Cn1cc(CC(NN)C2CCCC(C(F)(F)F)C2)cn1. The predicted octanol–water partition coefficient (Wildman–Crippen LogP) is 2.16. The molecule has 20 heavy (non-hydrogen) atoms. The highest BCUT2D eigenvalue weighted by atomic mass is 19.4. The summed E-state index contributed by atoms with van der Waals surface area (Å²) in [6, 6.07) is -0.135. The van der Waals surface area contributed by atoms with Gasteiger partial charge in [0.05, 0.1) is 12.1 Å². The minimum Gasteiger partial charge on any atom is -0.276 e. The van der Waals surface area contributed by atoms with E-state index in [2.05, 4.69) is 10.5 Å². The topological polar surface area (TPSA) is 55.9 Å². The zero-order valence-corrected chi connectivity index (χ0v) is 11.5. The Balaban J connectivity index is 2.00. The maximum atomic E-state index is 12.8. The van der Waals surface area contributed by atoms with Crippen LogP contribution in [0, 0.1) is 11.8 Å². The first-order valence-corrected chi connectivity index (χ1v) is 6.90. The Labute approximate surface area is 116 Å². The van der Waals surface area contributed by atoms with Crippen LogP contribution in [0.25, 0.3) is 0 Å². The van der Waals surface area contributed by atoms with Gasteiger partial charge in [-0.3, -0.25) is 16.0 Å². The molecule has 1 saturated carbocycles. The Hall–Kier alpha value is -1.08. The number of aromatic nitrogens is 2. The number of hydrogen-bond donors (Lipinski definition) is 2. The summed E-state index contributed by atoms with van der Waals surface area (Å²) in [5, 5.41) is 4.07. The monoisotopic (exact) mass is 290 g/mol. The summed E-state index contributed by atoms with van der Waals surface area (Å²) >= 11 is 0. The maximum Gasteiger partial charge on any atom is 0.391 e. The summed E-state index contributed by atoms with van der Waals surface area (Å²) in [7, 11) is 1.81. The second-order valence-electron chi connectivity index (χ2n) is 5.66. The predicted molar refractivity (Wildman–Crippen MR) is 69.5 cm³/mol. The van der Waals surface area contributed by atoms with Crippen LogP contribution >= 0.6 is 0 Å². The average Bonchev–Trinajstić information content (AvgIpc) is 2.81. The van der Waals surface area contributed by atoms with Crippen molar-refractivity contribution in [3.8, 4) is 0 Å². The average molecular weight is 290 g/mol. The maximum absolute atomic E-state index is 12.8. The van der Waals surface area contributed by atoms with Gasteiger partial charge in [0.15, 0.2) is 0 Å². The van der Waals surface area contributed by atoms with E-state index in [1.165, 1.54) is 0 Å². The van der Waals surface area contributed by atoms with Crippen molar-refractivity contribution in [3.05, 3.63) is 18.0 Å². The zero-order chi connectivity index (χ0) is 14.8. The highest BCUT2D eigenvalue weighted by Crippen LogP contribution is 2.41. The summed E-state index contributed by atoms with van der Waals surface area (Å²) < 4.78 is 40.2. The van der Waals surface area contributed by atoms with Crippen molar-refractivity contribution in [2.75, 3.05) is 0 Å². The molecule has 2 rings (SSSR count). The van der Waals surface area contributed by atoms with Crippen LogP contribution in [0.2, 0.25) is 0 Å². The molecule has 0 spiro atoms. The van der Waals surface area contributed by atoms with Gasteiger partial charge in [0.2, 0.25) is 0 Å². The molecule has 0 amide bonds. The van der Waals surface area contributed by atoms with E-state index >= 15 is 0 Å². The number of nitrogens with two attached hydrogens (primary N) is 1. The molecule has 1 aliphatic carbocycles. The zero-order valence-electron chi connectivity index (χ0n) is 11.5. The Bertz CT molecular complexity index is 429. The second-order valence-corrected chi connectivity index (χ2v) is 5.66. The minimum absolute atomic E-state index is 0.0411. The van der Waals surface area contributed by atoms with E-state index in [0.717, 1.165) is 12.0 Å². The molecule has 0 radical (unpaired) electrons. The Morgan fingerprint density at radius 1 is 1.50 bits per heavy atom. The van der Waals surface area contributed by atoms with Gasteiger partial charge in [-0.1, -0.05) is 6.42 Å². The molecule has 7 heteroatoms. The number of rotatable bonds is 4. The standard InChI is InChI=1S/C13H21F3N4/c1-20-8-9(7-18-20)5-12(19-17)10-3-2-4-11(6-10)13(14,15)16/h7-8,10-12,19H,2-6,17H2,1H3. The lowest BCUT2D eigenvalue weighted by Gasteiger charge is -2.35. The number of nitrogens with one attached hydrogen (secondary N) is 1. The fourth-order valence-electron chi connectivity index (χ4n) is 3.08. The van der Waals surface area contributed by atoms with Crippen molar-refractivity contribution in [2.45, 2.75) is 44.3 Å². The quantitative estimate of drug-likeness (QED) is 0.660. The summed E-state index contributed by atoms with van der Waals surface area (Å²) in [6.07, 6.45) is 1.93. The normalized spacial score (nSPS) is 25.6. The lowest BCUT2D eigenvalue weighted by Crippen LogP contribution is -2.45. The molecule has 1 fully saturated rings. The first kappa shape index (κ1) is 15.3. The molecule has 0 aromatic carbocycles. The molecule has 114 valence electrons. The van der Waals surface area contributed by atoms with Gasteiger partial charge < -0.3 is 0 Å². The molecule has 0 bridgehead atoms. The van der Waals surface area contributed by atoms with Crippen LogP contribution in [0.1, 0.15) is 31.2 Å². The number of aryl methyl sites for hydroxylation is 1. The molecule has 4 nitrogen and oxygen atoms in total. The van der Waals surface area contributed by atoms with E-state index in [-0.39, 0.29) is 24.8 Å². The Morgan fingerprint density at radius 3 is 2.80 bits per heavy atom. The lowest BCUT2D eigenvalue weighted by atomic mass is 9.76. The molecule has 0 aliphatic heterocycles. The Kier molecular flexibility index (Phi) is 4.70. The molecule has 1 aliphatic rings. The van der Waals surface area contributed by atoms with Gasteiger partial charge in [-0.2, -0.15) is 18.3 Å². The van der Waals surface area contributed by atoms with E-state index in [0.29, 0.717) is 12.8 Å². The fourth-order valence-corrected chi connectivity index (χ4v) is 3.08. The highest BCUT2D eigenvalue weighted by Gasteiger charge is 2.43. The van der Waals surface area contributed by atoms with E-state index in [9.17, 15) is 13.2 Å². The van der Waals surface area contributed by atoms with E-state index < -0.39 is 12.1 Å². The number of hydrazine groups is 1. The summed E-state index contributed by atoms with van der Waals surface area (Å²) in [4.78, 5) is 0. The molecule has 1 aromatic heterocycles. The van der Waals surface area contributed by atoms with Crippen LogP contribution in [0.4, 0.5) is 13.2 Å². The molecule has 1 heterocycles. The number of alkyl halides is 3. The van der Waals surface area contributed by atoms with Crippen LogP contribution in [0.15, 0.2) is 12.4 Å². The van der Waals surface area contributed by atoms with Crippen molar-refractivity contribution >= 4 is 0 Å². The molecule has 3 N–H and O–H groups in total. The van der Waals surface area contributed by atoms with Gasteiger partial charge in [-0.05, 0) is 37.2 Å². The number of halogens is 3. The van der Waals surface area contributed by atoms with Gasteiger partial charge in [0, 0.05) is 19.3 Å². The van der Waals surface area contributed by atoms with Gasteiger partial charge >= 0.3 is 6.18 Å². The van der Waals surface area contributed by atoms with E-state index in [1.807, 2.05) is 13.2 Å². The largest absolute Gasteiger partial charge is 0.391 e. The van der Waals surface area contributed by atoms with Crippen molar-refractivity contribution < 1.29 is 13.2 Å². The molecule has 3 unspecified atom stereocenters. The van der Waals surface area contributed by atoms with Crippen LogP contribution in [0.3, 0.4) is 0 Å². The van der Waals surface area contributed by atoms with Crippen LogP contribution in [-0.2, 0) is 13.5 Å². The molecule has 1 aromatic rings. The van der Waals surface area contributed by atoms with Gasteiger partial charge in [0.25, 0.3) is 0 Å². The van der Waals surface area contributed by atoms with E-state index in [4.69, 9.17) is 5.84 Å². The third-order valence-corrected chi connectivity index (χ3v) is 4.17. The van der Waals surface area contributed by atoms with Crippen LogP contribution in [0.5, 0.6) is 0 Å². The molecule has 3 atom stereocenters. The first-order chi connectivity index (χ1) is 9.40. The minimum atomic E-state index is -4.09. The summed E-state index contributed by atoms with van der Waals surface area (Å²) in [5.41, 5.74) is 3.69. The first-order valence-electron chi connectivity index (χ1n) is 6.90. The third kappa shape index (κ3) is 3.73.